The molecule has 1 aromatic heterocycles. The van der Waals surface area contributed by atoms with Gasteiger partial charge in [0.05, 0.1) is 12.7 Å². The highest BCUT2D eigenvalue weighted by Gasteiger charge is 2.15. The molecule has 0 fully saturated rings. The Morgan fingerprint density at radius 2 is 1.69 bits per heavy atom. The van der Waals surface area contributed by atoms with Gasteiger partial charge in [0.2, 0.25) is 0 Å². The van der Waals surface area contributed by atoms with Gasteiger partial charge in [-0.3, -0.25) is 14.2 Å². The predicted molar refractivity (Wildman–Crippen MR) is 116 cm³/mol. The van der Waals surface area contributed by atoms with E-state index in [2.05, 4.69) is 24.1 Å². The van der Waals surface area contributed by atoms with E-state index in [9.17, 15) is 9.59 Å². The molecule has 0 aliphatic heterocycles. The van der Waals surface area contributed by atoms with Gasteiger partial charge in [0, 0.05) is 35.7 Å². The molecule has 1 heterocycles. The van der Waals surface area contributed by atoms with E-state index in [1.807, 2.05) is 18.2 Å². The van der Waals surface area contributed by atoms with E-state index >= 15 is 0 Å². The average Bonchev–Trinajstić information content (AvgIpc) is 2.77. The topological polar surface area (TPSA) is 63.6 Å². The molecule has 6 nitrogen and oxygen atoms in total. The largest absolute Gasteiger partial charge is 0.497 e. The Bertz CT molecular complexity index is 1040. The second kappa shape index (κ2) is 9.39. The maximum Gasteiger partial charge on any atom is 0.262 e. The molecule has 1 amide bonds. The summed E-state index contributed by atoms with van der Waals surface area (Å²) in [5.74, 6) is 0.521. The Morgan fingerprint density at radius 3 is 2.31 bits per heavy atom. The molecule has 6 heteroatoms. The average molecular weight is 393 g/mol. The Balaban J connectivity index is 1.98. The molecule has 3 rings (SSSR count). The molecule has 3 aromatic rings. The minimum absolute atomic E-state index is 0.162. The zero-order valence-electron chi connectivity index (χ0n) is 17.1. The third-order valence-electron chi connectivity index (χ3n) is 5.13. The van der Waals surface area contributed by atoms with Crippen molar-refractivity contribution in [2.45, 2.75) is 13.8 Å². The first-order valence-electron chi connectivity index (χ1n) is 9.88. The molecule has 0 saturated heterocycles. The molecule has 0 aliphatic rings. The van der Waals surface area contributed by atoms with Crippen LogP contribution in [0, 0.1) is 0 Å². The molecule has 0 spiro atoms. The van der Waals surface area contributed by atoms with Crippen molar-refractivity contribution >= 4 is 16.7 Å². The minimum atomic E-state index is -0.185. The zero-order chi connectivity index (χ0) is 20.8. The van der Waals surface area contributed by atoms with Gasteiger partial charge in [-0.1, -0.05) is 32.0 Å². The summed E-state index contributed by atoms with van der Waals surface area (Å²) in [6.07, 6.45) is 1.62. The van der Waals surface area contributed by atoms with Crippen LogP contribution in [0.3, 0.4) is 0 Å². The third kappa shape index (κ3) is 4.49. The van der Waals surface area contributed by atoms with Gasteiger partial charge in [-0.15, -0.1) is 0 Å². The minimum Gasteiger partial charge on any atom is -0.497 e. The van der Waals surface area contributed by atoms with Crippen molar-refractivity contribution in [2.24, 2.45) is 0 Å². The van der Waals surface area contributed by atoms with Crippen LogP contribution in [0.1, 0.15) is 24.2 Å². The molecular formula is C23H27N3O3. The SMILES string of the molecule is CCN(CC)CCNC(=O)c1cn(-c2ccc(OC)cc2)c(=O)c2ccccc12. The lowest BCUT2D eigenvalue weighted by atomic mass is 10.1. The van der Waals surface area contributed by atoms with E-state index in [1.54, 1.807) is 43.6 Å². The maximum absolute atomic E-state index is 13.0. The number of benzene rings is 2. The summed E-state index contributed by atoms with van der Waals surface area (Å²) in [6, 6.07) is 14.4. The van der Waals surface area contributed by atoms with E-state index in [4.69, 9.17) is 4.74 Å². The van der Waals surface area contributed by atoms with Gasteiger partial charge in [-0.2, -0.15) is 0 Å². The van der Waals surface area contributed by atoms with Crippen molar-refractivity contribution in [3.63, 3.8) is 0 Å². The van der Waals surface area contributed by atoms with Gasteiger partial charge in [0.1, 0.15) is 5.75 Å². The maximum atomic E-state index is 13.0. The van der Waals surface area contributed by atoms with Gasteiger partial charge >= 0.3 is 0 Å². The lowest BCUT2D eigenvalue weighted by molar-refractivity contribution is 0.0950. The predicted octanol–water partition coefficient (Wildman–Crippen LogP) is 3.07. The number of nitrogens with one attached hydrogen (secondary N) is 1. The Kier molecular flexibility index (Phi) is 6.67. The van der Waals surface area contributed by atoms with Gasteiger partial charge in [0.15, 0.2) is 0 Å². The van der Waals surface area contributed by atoms with E-state index in [0.717, 1.165) is 19.6 Å². The number of carbonyl (C=O) groups excluding carboxylic acids is 1. The smallest absolute Gasteiger partial charge is 0.262 e. The molecule has 29 heavy (non-hydrogen) atoms. The van der Waals surface area contributed by atoms with E-state index < -0.39 is 0 Å². The Labute approximate surface area is 170 Å². The number of carbonyl (C=O) groups is 1. The number of aromatic nitrogens is 1. The van der Waals surface area contributed by atoms with Crippen LogP contribution in [0.4, 0.5) is 0 Å². The van der Waals surface area contributed by atoms with Crippen LogP contribution in [-0.4, -0.2) is 48.7 Å². The van der Waals surface area contributed by atoms with Crippen LogP contribution in [0.25, 0.3) is 16.5 Å². The first-order valence-corrected chi connectivity index (χ1v) is 9.88. The summed E-state index contributed by atoms with van der Waals surface area (Å²) in [7, 11) is 1.60. The molecule has 0 bridgehead atoms. The fraction of sp³-hybridized carbons (Fsp3) is 0.304. The van der Waals surface area contributed by atoms with Crippen LogP contribution in [-0.2, 0) is 0 Å². The molecule has 2 aromatic carbocycles. The quantitative estimate of drug-likeness (QED) is 0.639. The highest BCUT2D eigenvalue weighted by Crippen LogP contribution is 2.19. The van der Waals surface area contributed by atoms with E-state index in [0.29, 0.717) is 34.3 Å². The number of ether oxygens (including phenoxy) is 1. The van der Waals surface area contributed by atoms with Crippen molar-refractivity contribution in [2.75, 3.05) is 33.3 Å². The fourth-order valence-electron chi connectivity index (χ4n) is 3.37. The van der Waals surface area contributed by atoms with Crippen molar-refractivity contribution in [1.29, 1.82) is 0 Å². The molecule has 0 unspecified atom stereocenters. The number of hydrogen-bond donors (Lipinski definition) is 1. The van der Waals surface area contributed by atoms with Crippen LogP contribution < -0.4 is 15.6 Å². The van der Waals surface area contributed by atoms with Crippen molar-refractivity contribution in [3.05, 3.63) is 70.6 Å². The van der Waals surface area contributed by atoms with Gasteiger partial charge in [-0.25, -0.2) is 0 Å². The summed E-state index contributed by atoms with van der Waals surface area (Å²) in [5, 5.41) is 4.16. The van der Waals surface area contributed by atoms with Crippen LogP contribution in [0.5, 0.6) is 5.75 Å². The number of rotatable bonds is 8. The molecule has 1 N–H and O–H groups in total. The Morgan fingerprint density at radius 1 is 1.03 bits per heavy atom. The first-order chi connectivity index (χ1) is 14.1. The number of likely N-dealkylation sites (N-methyl/N-ethyl adjacent to an activating group) is 1. The number of hydrogen-bond acceptors (Lipinski definition) is 4. The van der Waals surface area contributed by atoms with Gasteiger partial charge < -0.3 is 15.0 Å². The molecule has 0 atom stereocenters. The lowest BCUT2D eigenvalue weighted by Crippen LogP contribution is -2.35. The fourth-order valence-corrected chi connectivity index (χ4v) is 3.37. The molecular weight excluding hydrogens is 366 g/mol. The van der Waals surface area contributed by atoms with E-state index in [-0.39, 0.29) is 11.5 Å². The molecule has 0 saturated carbocycles. The monoisotopic (exact) mass is 393 g/mol. The lowest BCUT2D eigenvalue weighted by Gasteiger charge is -2.18. The summed E-state index contributed by atoms with van der Waals surface area (Å²) in [4.78, 5) is 28.2. The van der Waals surface area contributed by atoms with E-state index in [1.165, 1.54) is 4.57 Å². The molecule has 0 aliphatic carbocycles. The van der Waals surface area contributed by atoms with Gasteiger partial charge in [-0.05, 0) is 43.4 Å². The second-order valence-electron chi connectivity index (χ2n) is 6.74. The summed E-state index contributed by atoms with van der Waals surface area (Å²) in [6.45, 7) is 7.42. The van der Waals surface area contributed by atoms with Crippen LogP contribution >= 0.6 is 0 Å². The second-order valence-corrected chi connectivity index (χ2v) is 6.74. The number of amides is 1. The van der Waals surface area contributed by atoms with Gasteiger partial charge in [0.25, 0.3) is 11.5 Å². The standard InChI is InChI=1S/C23H27N3O3/c1-4-25(5-2)15-14-24-22(27)21-16-26(17-10-12-18(29-3)13-11-17)23(28)20-9-7-6-8-19(20)21/h6-13,16H,4-5,14-15H2,1-3H3,(H,24,27). The molecule has 152 valence electrons. The highest BCUT2D eigenvalue weighted by molar-refractivity contribution is 6.06. The van der Waals surface area contributed by atoms with Crippen LogP contribution in [0.2, 0.25) is 0 Å². The normalized spacial score (nSPS) is 11.0. The Hall–Kier alpha value is -3.12. The van der Waals surface area contributed by atoms with Crippen molar-refractivity contribution < 1.29 is 9.53 Å². The highest BCUT2D eigenvalue weighted by atomic mass is 16.5. The summed E-state index contributed by atoms with van der Waals surface area (Å²) in [5.41, 5.74) is 1.000. The van der Waals surface area contributed by atoms with Crippen molar-refractivity contribution in [1.82, 2.24) is 14.8 Å². The zero-order valence-corrected chi connectivity index (χ0v) is 17.1. The number of nitrogens with zero attached hydrogens (tertiary/aromatic N) is 2. The summed E-state index contributed by atoms with van der Waals surface area (Å²) >= 11 is 0. The van der Waals surface area contributed by atoms with Crippen molar-refractivity contribution in [3.8, 4) is 11.4 Å². The number of methoxy groups -OCH3 is 1. The summed E-state index contributed by atoms with van der Waals surface area (Å²) < 4.78 is 6.71. The molecule has 0 radical (unpaired) electrons. The third-order valence-corrected chi connectivity index (χ3v) is 5.13. The van der Waals surface area contributed by atoms with Crippen LogP contribution in [0.15, 0.2) is 59.5 Å². The number of pyridine rings is 1. The first kappa shape index (κ1) is 20.6. The number of fused-ring (bicyclic) bond motifs is 1.